The summed E-state index contributed by atoms with van der Waals surface area (Å²) in [6.45, 7) is 5.76. The van der Waals surface area contributed by atoms with Gasteiger partial charge < -0.3 is 10.0 Å². The third-order valence-electron chi connectivity index (χ3n) is 4.77. The lowest BCUT2D eigenvalue weighted by Gasteiger charge is -2.40. The predicted molar refractivity (Wildman–Crippen MR) is 78.5 cm³/mol. The van der Waals surface area contributed by atoms with Crippen molar-refractivity contribution in [2.75, 3.05) is 18.8 Å². The molecule has 4 atom stereocenters. The standard InChI is InChI=1S/C15H21NO3S/c1-15(2)8-16(5-6-20-15)13(17)11-9-3-4-10(7-9)12(11)14(18)19/h3-4,9-12H,5-8H2,1-2H3,(H,18,19)/t9?,10?,11-,12+/m0/s1. The molecule has 3 rings (SSSR count). The highest BCUT2D eigenvalue weighted by Crippen LogP contribution is 2.49. The van der Waals surface area contributed by atoms with Gasteiger partial charge in [0, 0.05) is 23.6 Å². The van der Waals surface area contributed by atoms with Crippen LogP contribution in [0.5, 0.6) is 0 Å². The molecule has 2 unspecified atom stereocenters. The third kappa shape index (κ3) is 2.26. The van der Waals surface area contributed by atoms with Crippen molar-refractivity contribution in [2.45, 2.75) is 25.0 Å². The maximum atomic E-state index is 12.8. The van der Waals surface area contributed by atoms with E-state index in [1.807, 2.05) is 22.7 Å². The second-order valence-corrected chi connectivity index (χ2v) is 8.51. The summed E-state index contributed by atoms with van der Waals surface area (Å²) in [7, 11) is 0. The normalized spacial score (nSPS) is 38.2. The molecule has 3 aliphatic rings. The number of rotatable bonds is 2. The Morgan fingerprint density at radius 3 is 2.50 bits per heavy atom. The van der Waals surface area contributed by atoms with E-state index >= 15 is 0 Å². The lowest BCUT2D eigenvalue weighted by molar-refractivity contribution is -0.151. The molecule has 4 nitrogen and oxygen atoms in total. The van der Waals surface area contributed by atoms with Gasteiger partial charge in [0.2, 0.25) is 5.91 Å². The number of fused-ring (bicyclic) bond motifs is 2. The van der Waals surface area contributed by atoms with Crippen LogP contribution in [-0.2, 0) is 9.59 Å². The molecule has 1 heterocycles. The van der Waals surface area contributed by atoms with Crippen LogP contribution in [0.15, 0.2) is 12.2 Å². The minimum atomic E-state index is -0.814. The summed E-state index contributed by atoms with van der Waals surface area (Å²) in [5, 5.41) is 9.45. The molecular weight excluding hydrogens is 274 g/mol. The van der Waals surface area contributed by atoms with Crippen LogP contribution < -0.4 is 0 Å². The van der Waals surface area contributed by atoms with Crippen LogP contribution in [0.4, 0.5) is 0 Å². The molecule has 1 amide bonds. The first kappa shape index (κ1) is 14.0. The van der Waals surface area contributed by atoms with Crippen LogP contribution >= 0.6 is 11.8 Å². The number of hydrogen-bond donors (Lipinski definition) is 1. The van der Waals surface area contributed by atoms with E-state index in [0.29, 0.717) is 0 Å². The average Bonchev–Trinajstić information content (AvgIpc) is 2.96. The molecule has 110 valence electrons. The number of carboxylic acids is 1. The van der Waals surface area contributed by atoms with Gasteiger partial charge in [0.25, 0.3) is 0 Å². The first-order valence-electron chi connectivity index (χ1n) is 7.23. The molecule has 0 spiro atoms. The van der Waals surface area contributed by atoms with E-state index in [1.165, 1.54) is 0 Å². The molecule has 5 heteroatoms. The molecule has 1 aliphatic heterocycles. The Hall–Kier alpha value is -0.970. The van der Waals surface area contributed by atoms with Crippen LogP contribution in [0.25, 0.3) is 0 Å². The van der Waals surface area contributed by atoms with E-state index in [0.717, 1.165) is 25.3 Å². The highest BCUT2D eigenvalue weighted by atomic mass is 32.2. The van der Waals surface area contributed by atoms with E-state index in [2.05, 4.69) is 19.9 Å². The number of allylic oxidation sites excluding steroid dienone is 2. The molecule has 0 radical (unpaired) electrons. The van der Waals surface area contributed by atoms with Crippen molar-refractivity contribution >= 4 is 23.6 Å². The summed E-state index contributed by atoms with van der Waals surface area (Å²) in [6.07, 6.45) is 4.87. The number of nitrogens with zero attached hydrogens (tertiary/aromatic N) is 1. The van der Waals surface area contributed by atoms with Crippen molar-refractivity contribution < 1.29 is 14.7 Å². The summed E-state index contributed by atoms with van der Waals surface area (Å²) >= 11 is 1.88. The smallest absolute Gasteiger partial charge is 0.307 e. The maximum absolute atomic E-state index is 12.8. The minimum absolute atomic E-state index is 0.0543. The summed E-state index contributed by atoms with van der Waals surface area (Å²) in [5.74, 6) is -0.498. The number of hydrogen-bond acceptors (Lipinski definition) is 3. The number of amides is 1. The van der Waals surface area contributed by atoms with Crippen LogP contribution in [0.1, 0.15) is 20.3 Å². The lowest BCUT2D eigenvalue weighted by atomic mass is 9.82. The molecular formula is C15H21NO3S. The largest absolute Gasteiger partial charge is 0.481 e. The van der Waals surface area contributed by atoms with Crippen molar-refractivity contribution in [1.82, 2.24) is 4.90 Å². The monoisotopic (exact) mass is 295 g/mol. The van der Waals surface area contributed by atoms with Gasteiger partial charge in [0.15, 0.2) is 0 Å². The van der Waals surface area contributed by atoms with Crippen molar-refractivity contribution in [1.29, 1.82) is 0 Å². The van der Waals surface area contributed by atoms with Gasteiger partial charge in [-0.2, -0.15) is 11.8 Å². The number of thioether (sulfide) groups is 1. The Morgan fingerprint density at radius 1 is 1.25 bits per heavy atom. The first-order valence-corrected chi connectivity index (χ1v) is 8.21. The minimum Gasteiger partial charge on any atom is -0.481 e. The zero-order valence-corrected chi connectivity index (χ0v) is 12.7. The Balaban J connectivity index is 1.79. The second-order valence-electron chi connectivity index (χ2n) is 6.71. The Labute approximate surface area is 123 Å². The maximum Gasteiger partial charge on any atom is 0.307 e. The van der Waals surface area contributed by atoms with Gasteiger partial charge in [-0.3, -0.25) is 9.59 Å². The second kappa shape index (κ2) is 4.79. The molecule has 2 bridgehead atoms. The zero-order valence-electron chi connectivity index (χ0n) is 11.9. The van der Waals surface area contributed by atoms with E-state index < -0.39 is 11.9 Å². The van der Waals surface area contributed by atoms with Gasteiger partial charge >= 0.3 is 5.97 Å². The fraction of sp³-hybridized carbons (Fsp3) is 0.733. The number of aliphatic carboxylic acids is 1. The fourth-order valence-electron chi connectivity index (χ4n) is 3.91. The molecule has 2 aliphatic carbocycles. The van der Waals surface area contributed by atoms with Gasteiger partial charge in [-0.1, -0.05) is 12.2 Å². The Kier molecular flexibility index (Phi) is 3.35. The summed E-state index contributed by atoms with van der Waals surface area (Å²) in [6, 6.07) is 0. The van der Waals surface area contributed by atoms with Gasteiger partial charge in [-0.15, -0.1) is 0 Å². The van der Waals surface area contributed by atoms with Gasteiger partial charge in [0.1, 0.15) is 0 Å². The zero-order chi connectivity index (χ0) is 14.5. The third-order valence-corrected chi connectivity index (χ3v) is 6.06. The molecule has 2 fully saturated rings. The first-order chi connectivity index (χ1) is 9.39. The van der Waals surface area contributed by atoms with Crippen molar-refractivity contribution in [3.63, 3.8) is 0 Å². The number of carbonyl (C=O) groups excluding carboxylic acids is 1. The van der Waals surface area contributed by atoms with E-state index in [9.17, 15) is 14.7 Å². The van der Waals surface area contributed by atoms with Crippen LogP contribution in [0.3, 0.4) is 0 Å². The molecule has 1 saturated carbocycles. The van der Waals surface area contributed by atoms with E-state index in [-0.39, 0.29) is 28.4 Å². The van der Waals surface area contributed by atoms with Crippen molar-refractivity contribution in [3.8, 4) is 0 Å². The Morgan fingerprint density at radius 2 is 1.90 bits per heavy atom. The van der Waals surface area contributed by atoms with Crippen molar-refractivity contribution in [2.24, 2.45) is 23.7 Å². The van der Waals surface area contributed by atoms with E-state index in [1.54, 1.807) is 0 Å². The molecule has 0 aromatic carbocycles. The summed E-state index contributed by atoms with van der Waals surface area (Å²) < 4.78 is 0.0695. The van der Waals surface area contributed by atoms with Crippen LogP contribution in [0, 0.1) is 23.7 Å². The SMILES string of the molecule is CC1(C)CN(C(=O)[C@H]2C3C=CC(C3)[C@H]2C(=O)O)CCS1. The average molecular weight is 295 g/mol. The topological polar surface area (TPSA) is 57.6 Å². The highest BCUT2D eigenvalue weighted by Gasteiger charge is 2.53. The number of carboxylic acid groups (broad SMARTS) is 1. The van der Waals surface area contributed by atoms with Crippen LogP contribution in [-0.4, -0.2) is 45.5 Å². The van der Waals surface area contributed by atoms with E-state index in [4.69, 9.17) is 0 Å². The summed E-state index contributed by atoms with van der Waals surface area (Å²) in [4.78, 5) is 26.2. The van der Waals surface area contributed by atoms with Crippen LogP contribution in [0.2, 0.25) is 0 Å². The Bertz CT molecular complexity index is 474. The quantitative estimate of drug-likeness (QED) is 0.790. The van der Waals surface area contributed by atoms with Gasteiger partial charge in [0.05, 0.1) is 11.8 Å². The summed E-state index contributed by atoms with van der Waals surface area (Å²) in [5.41, 5.74) is 0. The molecule has 1 N–H and O–H groups in total. The highest BCUT2D eigenvalue weighted by molar-refractivity contribution is 8.00. The predicted octanol–water partition coefficient (Wildman–Crippen LogP) is 1.86. The fourth-order valence-corrected chi connectivity index (χ4v) is 5.02. The molecule has 1 saturated heterocycles. The molecule has 20 heavy (non-hydrogen) atoms. The van der Waals surface area contributed by atoms with Crippen molar-refractivity contribution in [3.05, 3.63) is 12.2 Å². The van der Waals surface area contributed by atoms with Gasteiger partial charge in [-0.05, 0) is 32.1 Å². The molecule has 0 aromatic rings. The lowest BCUT2D eigenvalue weighted by Crippen LogP contribution is -2.50. The van der Waals surface area contributed by atoms with Gasteiger partial charge in [-0.25, -0.2) is 0 Å². The number of carbonyl (C=O) groups is 2. The molecule has 0 aromatic heterocycles.